The third kappa shape index (κ3) is 0.665. The summed E-state index contributed by atoms with van der Waals surface area (Å²) in [6, 6.07) is 0. The molecule has 3 heteroatoms. The van der Waals surface area contributed by atoms with Crippen molar-refractivity contribution in [3.63, 3.8) is 0 Å². The van der Waals surface area contributed by atoms with Crippen LogP contribution >= 0.6 is 0 Å². The van der Waals surface area contributed by atoms with Gasteiger partial charge in [0.15, 0.2) is 0 Å². The van der Waals surface area contributed by atoms with Crippen LogP contribution < -0.4 is 0 Å². The third-order valence-corrected chi connectivity index (χ3v) is 17.8. The molecule has 0 aromatic heterocycles. The molecule has 0 aliphatic heterocycles. The van der Waals surface area contributed by atoms with Gasteiger partial charge in [-0.15, -0.1) is 6.58 Å². The molecule has 4 aliphatic rings. The fourth-order valence-corrected chi connectivity index (χ4v) is 28.7. The van der Waals surface area contributed by atoms with Crippen molar-refractivity contribution in [1.29, 1.82) is 0 Å². The summed E-state index contributed by atoms with van der Waals surface area (Å²) in [7, 11) is -3.29. The Labute approximate surface area is 116 Å². The summed E-state index contributed by atoms with van der Waals surface area (Å²) in [6.45, 7) is 27.9. The summed E-state index contributed by atoms with van der Waals surface area (Å²) in [6.07, 6.45) is 2.43. The minimum Gasteiger partial charge on any atom is -0.102 e. The Kier molecular flexibility index (Phi) is 1.84. The van der Waals surface area contributed by atoms with E-state index in [4.69, 9.17) is 0 Å². The van der Waals surface area contributed by atoms with Gasteiger partial charge in [-0.2, -0.15) is 0 Å². The molecule has 0 radical (unpaired) electrons. The molecule has 0 atom stereocenters. The molecule has 0 N–H and O–H groups in total. The SMILES string of the molecule is C=CC12C3([Si](C)(C)C)C1([Si](C)(C)C)C23[Si](C)(C)C. The maximum Gasteiger partial charge on any atom is 0.0524 e. The molecule has 4 fully saturated rings. The molecule has 0 nitrogen and oxygen atoms in total. The summed E-state index contributed by atoms with van der Waals surface area (Å²) in [5, 5.41) is 2.37. The molecule has 0 heterocycles. The van der Waals surface area contributed by atoms with E-state index < -0.39 is 24.2 Å². The summed E-state index contributed by atoms with van der Waals surface area (Å²) < 4.78 is 0. The van der Waals surface area contributed by atoms with Gasteiger partial charge < -0.3 is 0 Å². The van der Waals surface area contributed by atoms with E-state index in [9.17, 15) is 0 Å². The van der Waals surface area contributed by atoms with Gasteiger partial charge in [0.2, 0.25) is 0 Å². The molecule has 0 aromatic rings. The van der Waals surface area contributed by atoms with Gasteiger partial charge in [0, 0.05) is 0 Å². The van der Waals surface area contributed by atoms with Gasteiger partial charge in [0.05, 0.1) is 24.2 Å². The second kappa shape index (κ2) is 2.48. The monoisotopic (exact) mass is 294 g/mol. The Morgan fingerprint density at radius 2 is 0.833 bits per heavy atom. The van der Waals surface area contributed by atoms with Crippen molar-refractivity contribution in [2.75, 3.05) is 0 Å². The number of rotatable bonds is 4. The minimum absolute atomic E-state index is 0.631. The van der Waals surface area contributed by atoms with Crippen LogP contribution in [0.25, 0.3) is 0 Å². The normalized spacial score (nSPS) is 52.7. The van der Waals surface area contributed by atoms with Gasteiger partial charge in [0.25, 0.3) is 0 Å². The van der Waals surface area contributed by atoms with E-state index in [1.54, 1.807) is 0 Å². The lowest BCUT2D eigenvalue weighted by molar-refractivity contribution is 1.07. The van der Waals surface area contributed by atoms with Crippen LogP contribution in [0.3, 0.4) is 0 Å². The van der Waals surface area contributed by atoms with E-state index in [-0.39, 0.29) is 0 Å². The molecular formula is C15H30Si3. The first-order chi connectivity index (χ1) is 7.81. The van der Waals surface area contributed by atoms with Crippen molar-refractivity contribution >= 4 is 24.2 Å². The minimum atomic E-state index is -1.10. The largest absolute Gasteiger partial charge is 0.102 e. The lowest BCUT2D eigenvalue weighted by atomic mass is 10.4. The fourth-order valence-electron chi connectivity index (χ4n) is 7.74. The van der Waals surface area contributed by atoms with E-state index in [1.807, 2.05) is 0 Å². The number of allylic oxidation sites excluding steroid dienone is 1. The highest BCUT2D eigenvalue weighted by molar-refractivity contribution is 7.05. The van der Waals surface area contributed by atoms with Gasteiger partial charge >= 0.3 is 0 Å². The quantitative estimate of drug-likeness (QED) is 0.479. The van der Waals surface area contributed by atoms with Gasteiger partial charge in [0.1, 0.15) is 0 Å². The highest BCUT2D eigenvalue weighted by Crippen LogP contribution is 3.50. The molecule has 0 bridgehead atoms. The summed E-state index contributed by atoms with van der Waals surface area (Å²) in [4.78, 5) is 0. The van der Waals surface area contributed by atoms with Crippen LogP contribution in [0.2, 0.25) is 74.0 Å². The van der Waals surface area contributed by atoms with E-state index in [0.717, 1.165) is 15.1 Å². The predicted molar refractivity (Wildman–Crippen MR) is 90.7 cm³/mol. The average molecular weight is 295 g/mol. The maximum absolute atomic E-state index is 4.30. The average Bonchev–Trinajstić information content (AvgIpc) is 2.96. The third-order valence-electron chi connectivity index (χ3n) is 6.89. The van der Waals surface area contributed by atoms with Gasteiger partial charge in [-0.05, 0) is 20.5 Å². The molecule has 0 spiro atoms. The van der Waals surface area contributed by atoms with E-state index in [1.165, 1.54) is 0 Å². The Morgan fingerprint density at radius 3 is 0.889 bits per heavy atom. The molecule has 18 heavy (non-hydrogen) atoms. The second-order valence-electron chi connectivity index (χ2n) is 10.0. The van der Waals surface area contributed by atoms with E-state index in [2.05, 4.69) is 71.6 Å². The van der Waals surface area contributed by atoms with Crippen LogP contribution in [0.15, 0.2) is 12.7 Å². The fraction of sp³-hybridized carbons (Fsp3) is 0.867. The topological polar surface area (TPSA) is 0 Å². The summed E-state index contributed by atoms with van der Waals surface area (Å²) in [5.41, 5.74) is 0.631. The molecule has 4 aliphatic carbocycles. The second-order valence-corrected chi connectivity index (χ2v) is 25.8. The van der Waals surface area contributed by atoms with E-state index in [0.29, 0.717) is 5.41 Å². The first-order valence-corrected chi connectivity index (χ1v) is 17.9. The van der Waals surface area contributed by atoms with Crippen molar-refractivity contribution in [2.24, 2.45) is 5.41 Å². The first kappa shape index (κ1) is 13.4. The van der Waals surface area contributed by atoms with Crippen molar-refractivity contribution in [3.05, 3.63) is 12.7 Å². The van der Waals surface area contributed by atoms with Gasteiger partial charge in [-0.1, -0.05) is 65.0 Å². The van der Waals surface area contributed by atoms with Crippen LogP contribution in [-0.2, 0) is 0 Å². The molecule has 4 saturated carbocycles. The van der Waals surface area contributed by atoms with Crippen molar-refractivity contribution < 1.29 is 0 Å². The molecule has 0 aromatic carbocycles. The molecule has 0 amide bonds. The Balaban J connectivity index is 2.21. The highest BCUT2D eigenvalue weighted by Gasteiger charge is 3.38. The van der Waals surface area contributed by atoms with Crippen LogP contribution in [-0.4, -0.2) is 24.2 Å². The maximum atomic E-state index is 4.30. The Hall–Kier alpha value is 0.391. The molecule has 4 rings (SSSR count). The van der Waals surface area contributed by atoms with Crippen molar-refractivity contribution in [2.45, 2.75) is 74.0 Å². The predicted octanol–water partition coefficient (Wildman–Crippen LogP) is 5.44. The smallest absolute Gasteiger partial charge is 0.0524 e. The van der Waals surface area contributed by atoms with Gasteiger partial charge in [-0.3, -0.25) is 0 Å². The Bertz CT molecular complexity index is 397. The molecule has 102 valence electrons. The zero-order valence-electron chi connectivity index (χ0n) is 13.8. The molecule has 0 unspecified atom stereocenters. The van der Waals surface area contributed by atoms with Crippen molar-refractivity contribution in [1.82, 2.24) is 0 Å². The van der Waals surface area contributed by atoms with Crippen molar-refractivity contribution in [3.8, 4) is 0 Å². The zero-order chi connectivity index (χ0) is 14.2. The van der Waals surface area contributed by atoms with Crippen LogP contribution in [0.4, 0.5) is 0 Å². The summed E-state index contributed by atoms with van der Waals surface area (Å²) in [5.74, 6) is 0. The van der Waals surface area contributed by atoms with Gasteiger partial charge in [-0.25, -0.2) is 0 Å². The first-order valence-electron chi connectivity index (χ1n) is 7.45. The lowest BCUT2D eigenvalue weighted by Gasteiger charge is -2.20. The molecule has 0 saturated heterocycles. The Morgan fingerprint density at radius 1 is 0.611 bits per heavy atom. The van der Waals surface area contributed by atoms with Crippen LogP contribution in [0.1, 0.15) is 0 Å². The van der Waals surface area contributed by atoms with Crippen LogP contribution in [0.5, 0.6) is 0 Å². The standard InChI is InChI=1S/C15H30Si3/c1-11-12-13(16(2,3)4)14(12,17(5,6)7)15(12,13)18(8,9)10/h11H,1H2,2-10H3. The highest BCUT2D eigenvalue weighted by atomic mass is 28.3. The van der Waals surface area contributed by atoms with E-state index >= 15 is 0 Å². The zero-order valence-corrected chi connectivity index (χ0v) is 16.8. The molecular weight excluding hydrogens is 264 g/mol. The van der Waals surface area contributed by atoms with Crippen LogP contribution in [0, 0.1) is 5.41 Å². The lowest BCUT2D eigenvalue weighted by Crippen LogP contribution is -2.26. The number of hydrogen-bond donors (Lipinski definition) is 0. The summed E-state index contributed by atoms with van der Waals surface area (Å²) >= 11 is 0. The number of hydrogen-bond acceptors (Lipinski definition) is 0.